The van der Waals surface area contributed by atoms with Crippen molar-refractivity contribution in [3.63, 3.8) is 0 Å². The molecule has 0 bridgehead atoms. The van der Waals surface area contributed by atoms with E-state index in [1.165, 1.54) is 7.11 Å². The Bertz CT molecular complexity index is 468. The van der Waals surface area contributed by atoms with Gasteiger partial charge in [-0.15, -0.1) is 0 Å². The van der Waals surface area contributed by atoms with Crippen LogP contribution >= 0.6 is 0 Å². The van der Waals surface area contributed by atoms with Crippen molar-refractivity contribution in [3.05, 3.63) is 35.9 Å². The van der Waals surface area contributed by atoms with Gasteiger partial charge in [-0.3, -0.25) is 4.79 Å². The molecule has 0 amide bonds. The van der Waals surface area contributed by atoms with E-state index in [-0.39, 0.29) is 5.97 Å². The van der Waals surface area contributed by atoms with Crippen LogP contribution in [0.4, 0.5) is 0 Å². The predicted octanol–water partition coefficient (Wildman–Crippen LogP) is 2.57. The van der Waals surface area contributed by atoms with Gasteiger partial charge in [-0.25, -0.2) is 0 Å². The zero-order chi connectivity index (χ0) is 15.0. The Morgan fingerprint density at radius 1 is 1.10 bits per heavy atom. The van der Waals surface area contributed by atoms with Crippen molar-refractivity contribution in [1.82, 2.24) is 0 Å². The molecule has 1 aromatic rings. The Balaban J connectivity index is 2.33. The first-order valence-corrected chi connectivity index (χ1v) is 6.77. The smallest absolute Gasteiger partial charge is 0.469 e. The third-order valence-corrected chi connectivity index (χ3v) is 4.16. The lowest BCUT2D eigenvalue weighted by atomic mass is 9.68. The fourth-order valence-corrected chi connectivity index (χ4v) is 2.22. The van der Waals surface area contributed by atoms with E-state index in [0.717, 1.165) is 5.56 Å². The molecule has 1 aliphatic heterocycles. The molecule has 0 spiro atoms. The van der Waals surface area contributed by atoms with Crippen LogP contribution in [0.3, 0.4) is 0 Å². The van der Waals surface area contributed by atoms with Crippen molar-refractivity contribution in [2.45, 2.75) is 44.7 Å². The highest BCUT2D eigenvalue weighted by atomic mass is 16.7. The third-order valence-electron chi connectivity index (χ3n) is 4.16. The molecule has 1 heterocycles. The van der Waals surface area contributed by atoms with E-state index in [1.54, 1.807) is 0 Å². The van der Waals surface area contributed by atoms with Gasteiger partial charge in [0.1, 0.15) is 5.82 Å². The lowest BCUT2D eigenvalue weighted by Gasteiger charge is -2.32. The van der Waals surface area contributed by atoms with E-state index in [2.05, 4.69) is 0 Å². The lowest BCUT2D eigenvalue weighted by Crippen LogP contribution is -2.41. The van der Waals surface area contributed by atoms with Gasteiger partial charge in [0.15, 0.2) is 0 Å². The molecule has 1 saturated heterocycles. The molecule has 5 heteroatoms. The zero-order valence-corrected chi connectivity index (χ0v) is 12.7. The Hall–Kier alpha value is -1.33. The van der Waals surface area contributed by atoms with Gasteiger partial charge in [-0.1, -0.05) is 30.3 Å². The summed E-state index contributed by atoms with van der Waals surface area (Å²) in [5, 5.41) is 0. The summed E-state index contributed by atoms with van der Waals surface area (Å²) in [6, 6.07) is 9.44. The van der Waals surface area contributed by atoms with Gasteiger partial charge in [0.05, 0.1) is 18.3 Å². The number of carbonyl (C=O) groups excluding carboxylic acids is 1. The largest absolute Gasteiger partial charge is 0.477 e. The summed E-state index contributed by atoms with van der Waals surface area (Å²) in [5.74, 6) is -0.933. The van der Waals surface area contributed by atoms with Gasteiger partial charge >= 0.3 is 13.1 Å². The minimum atomic E-state index is -0.644. The van der Waals surface area contributed by atoms with Gasteiger partial charge in [0.2, 0.25) is 0 Å². The summed E-state index contributed by atoms with van der Waals surface area (Å²) in [6.45, 7) is 7.86. The molecule has 4 nitrogen and oxygen atoms in total. The van der Waals surface area contributed by atoms with Crippen LogP contribution in [0.15, 0.2) is 30.3 Å². The van der Waals surface area contributed by atoms with Gasteiger partial charge in [0, 0.05) is 0 Å². The number of esters is 1. The van der Waals surface area contributed by atoms with Crippen LogP contribution in [0, 0.1) is 0 Å². The molecule has 1 fully saturated rings. The SMILES string of the molecule is COC(=O)C(B1OC(C)(C)C(C)(C)O1)c1ccccc1. The van der Waals surface area contributed by atoms with Crippen LogP contribution in [0.1, 0.15) is 39.1 Å². The van der Waals surface area contributed by atoms with E-state index in [9.17, 15) is 4.79 Å². The molecule has 20 heavy (non-hydrogen) atoms. The van der Waals surface area contributed by atoms with Gasteiger partial charge in [-0.05, 0) is 33.3 Å². The fraction of sp³-hybridized carbons (Fsp3) is 0.533. The Morgan fingerprint density at radius 2 is 1.60 bits per heavy atom. The van der Waals surface area contributed by atoms with Gasteiger partial charge in [-0.2, -0.15) is 0 Å². The summed E-state index contributed by atoms with van der Waals surface area (Å²) >= 11 is 0. The van der Waals surface area contributed by atoms with E-state index in [4.69, 9.17) is 14.0 Å². The minimum absolute atomic E-state index is 0.352. The zero-order valence-electron chi connectivity index (χ0n) is 12.7. The van der Waals surface area contributed by atoms with Crippen LogP contribution in [0.25, 0.3) is 0 Å². The highest BCUT2D eigenvalue weighted by molar-refractivity contribution is 6.52. The molecule has 1 aromatic carbocycles. The first-order chi connectivity index (χ1) is 9.28. The third kappa shape index (κ3) is 2.60. The summed E-state index contributed by atoms with van der Waals surface area (Å²) in [7, 11) is 0.735. The van der Waals surface area contributed by atoms with E-state index < -0.39 is 24.1 Å². The second kappa shape index (κ2) is 5.22. The maximum absolute atomic E-state index is 12.1. The molecule has 1 aliphatic rings. The van der Waals surface area contributed by atoms with Crippen LogP contribution in [0.2, 0.25) is 0 Å². The molecule has 0 N–H and O–H groups in total. The molecular formula is C15H21BO4. The van der Waals surface area contributed by atoms with Crippen molar-refractivity contribution >= 4 is 13.1 Å². The highest BCUT2D eigenvalue weighted by Crippen LogP contribution is 2.41. The number of hydrogen-bond acceptors (Lipinski definition) is 4. The summed E-state index contributed by atoms with van der Waals surface area (Å²) < 4.78 is 16.9. The first-order valence-electron chi connectivity index (χ1n) is 6.77. The van der Waals surface area contributed by atoms with Crippen LogP contribution in [-0.4, -0.2) is 31.4 Å². The Kier molecular flexibility index (Phi) is 3.94. The number of rotatable bonds is 3. The van der Waals surface area contributed by atoms with Crippen molar-refractivity contribution in [2.75, 3.05) is 7.11 Å². The minimum Gasteiger partial charge on any atom is -0.469 e. The topological polar surface area (TPSA) is 44.8 Å². The maximum atomic E-state index is 12.1. The Morgan fingerprint density at radius 3 is 2.05 bits per heavy atom. The van der Waals surface area contributed by atoms with Crippen LogP contribution in [0.5, 0.6) is 0 Å². The van der Waals surface area contributed by atoms with E-state index in [1.807, 2.05) is 58.0 Å². The second-order valence-electron chi connectivity index (χ2n) is 6.04. The molecule has 2 rings (SSSR count). The van der Waals surface area contributed by atoms with Gasteiger partial charge in [0.25, 0.3) is 0 Å². The summed E-state index contributed by atoms with van der Waals surface area (Å²) in [5.41, 5.74) is -0.116. The molecule has 1 atom stereocenters. The second-order valence-corrected chi connectivity index (χ2v) is 6.04. The van der Waals surface area contributed by atoms with E-state index >= 15 is 0 Å². The molecule has 0 radical (unpaired) electrons. The first kappa shape index (κ1) is 15.1. The number of carbonyl (C=O) groups is 1. The number of benzene rings is 1. The lowest BCUT2D eigenvalue weighted by molar-refractivity contribution is -0.141. The summed E-state index contributed by atoms with van der Waals surface area (Å²) in [6.07, 6.45) is 0. The molecule has 108 valence electrons. The normalized spacial score (nSPS) is 21.6. The quantitative estimate of drug-likeness (QED) is 0.628. The standard InChI is InChI=1S/C15H21BO4/c1-14(2)15(3,4)20-16(19-14)12(13(17)18-5)11-9-7-6-8-10-11/h6-10,12H,1-5H3. The monoisotopic (exact) mass is 276 g/mol. The van der Waals surface area contributed by atoms with E-state index in [0.29, 0.717) is 0 Å². The summed E-state index contributed by atoms with van der Waals surface area (Å²) in [4.78, 5) is 12.1. The average molecular weight is 276 g/mol. The Labute approximate surface area is 120 Å². The van der Waals surface area contributed by atoms with Crippen molar-refractivity contribution < 1.29 is 18.8 Å². The van der Waals surface area contributed by atoms with Crippen molar-refractivity contribution in [2.24, 2.45) is 0 Å². The highest BCUT2D eigenvalue weighted by Gasteiger charge is 2.56. The van der Waals surface area contributed by atoms with Crippen molar-refractivity contribution in [3.8, 4) is 0 Å². The fourth-order valence-electron chi connectivity index (χ4n) is 2.22. The number of ether oxygens (including phenoxy) is 1. The number of methoxy groups -OCH3 is 1. The van der Waals surface area contributed by atoms with Crippen LogP contribution < -0.4 is 0 Å². The molecule has 1 unspecified atom stereocenters. The predicted molar refractivity (Wildman–Crippen MR) is 77.3 cm³/mol. The van der Waals surface area contributed by atoms with Gasteiger partial charge < -0.3 is 14.0 Å². The maximum Gasteiger partial charge on any atom is 0.477 e. The molecule has 0 saturated carbocycles. The average Bonchev–Trinajstić information content (AvgIpc) is 2.59. The van der Waals surface area contributed by atoms with Crippen LogP contribution in [-0.2, 0) is 18.8 Å². The van der Waals surface area contributed by atoms with Crippen molar-refractivity contribution in [1.29, 1.82) is 0 Å². The molecule has 0 aliphatic carbocycles. The number of hydrogen-bond donors (Lipinski definition) is 0. The molecular weight excluding hydrogens is 255 g/mol. The molecule has 0 aromatic heterocycles.